The Balaban J connectivity index is 1.21. The highest BCUT2D eigenvalue weighted by atomic mass is 35.5. The Kier molecular flexibility index (Phi) is 15.8. The van der Waals surface area contributed by atoms with Gasteiger partial charge in [0, 0.05) is 11.4 Å². The van der Waals surface area contributed by atoms with Crippen LogP contribution in [0.3, 0.4) is 0 Å². The molecule has 10 nitrogen and oxygen atoms in total. The van der Waals surface area contributed by atoms with Crippen LogP contribution in [0.25, 0.3) is 0 Å². The van der Waals surface area contributed by atoms with Crippen molar-refractivity contribution in [2.24, 2.45) is 5.41 Å². The molecule has 0 bridgehead atoms. The Morgan fingerprint density at radius 2 is 1.26 bits per heavy atom. The van der Waals surface area contributed by atoms with Gasteiger partial charge in [0.15, 0.2) is 6.61 Å². The summed E-state index contributed by atoms with van der Waals surface area (Å²) in [7, 11) is 0. The third kappa shape index (κ3) is 12.8. The number of carbonyl (C=O) groups is 2. The summed E-state index contributed by atoms with van der Waals surface area (Å²) >= 11 is 6.92. The first-order valence-corrected chi connectivity index (χ1v) is 21.5. The first-order chi connectivity index (χ1) is 30.1. The van der Waals surface area contributed by atoms with Crippen LogP contribution >= 0.6 is 11.6 Å². The van der Waals surface area contributed by atoms with Gasteiger partial charge in [-0.3, -0.25) is 4.79 Å². The summed E-state index contributed by atoms with van der Waals surface area (Å²) in [6.07, 6.45) is -2.28. The molecule has 6 atom stereocenters. The topological polar surface area (TPSA) is 108 Å². The molecule has 0 unspecified atom stereocenters. The fraction of sp³-hybridized carbons (Fsp3) is 0.373. The number of hydrogen-bond acceptors (Lipinski definition) is 10. The molecule has 2 saturated heterocycles. The molecule has 2 aliphatic rings. The summed E-state index contributed by atoms with van der Waals surface area (Å²) in [4.78, 5) is 25.7. The van der Waals surface area contributed by atoms with Gasteiger partial charge >= 0.3 is 11.9 Å². The number of rotatable bonds is 18. The largest absolute Gasteiger partial charge is 0.488 e. The van der Waals surface area contributed by atoms with E-state index in [9.17, 15) is 9.59 Å². The fourth-order valence-corrected chi connectivity index (χ4v) is 7.54. The minimum absolute atomic E-state index is 0.0571. The van der Waals surface area contributed by atoms with Gasteiger partial charge in [-0.2, -0.15) is 0 Å². The van der Waals surface area contributed by atoms with Crippen LogP contribution in [-0.2, 0) is 69.0 Å². The summed E-state index contributed by atoms with van der Waals surface area (Å²) in [5, 5.41) is 0.603. The zero-order valence-electron chi connectivity index (χ0n) is 35.5. The van der Waals surface area contributed by atoms with Crippen LogP contribution in [0.2, 0.25) is 5.02 Å². The Bertz CT molecular complexity index is 2150. The summed E-state index contributed by atoms with van der Waals surface area (Å²) in [6.45, 7) is 6.47. The van der Waals surface area contributed by atoms with E-state index in [1.54, 1.807) is 20.8 Å². The molecule has 0 N–H and O–H groups in total. The fourth-order valence-electron chi connectivity index (χ4n) is 7.36. The molecule has 62 heavy (non-hydrogen) atoms. The zero-order valence-corrected chi connectivity index (χ0v) is 36.2. The maximum absolute atomic E-state index is 13.2. The quantitative estimate of drug-likeness (QED) is 0.0791. The molecule has 0 saturated carbocycles. The molecule has 5 aromatic carbocycles. The number of ether oxygens (including phenoxy) is 8. The van der Waals surface area contributed by atoms with Gasteiger partial charge in [0.25, 0.3) is 0 Å². The minimum Gasteiger partial charge on any atom is -0.488 e. The highest BCUT2D eigenvalue weighted by molar-refractivity contribution is 6.31. The van der Waals surface area contributed by atoms with Gasteiger partial charge < -0.3 is 37.9 Å². The summed E-state index contributed by atoms with van der Waals surface area (Å²) < 4.78 is 50.2. The molecule has 0 amide bonds. The van der Waals surface area contributed by atoms with E-state index >= 15 is 0 Å². The lowest BCUT2D eigenvalue weighted by Gasteiger charge is -2.46. The lowest BCUT2D eigenvalue weighted by Crippen LogP contribution is -2.58. The molecule has 0 radical (unpaired) electrons. The molecular weight excluding hydrogens is 808 g/mol. The van der Waals surface area contributed by atoms with Crippen LogP contribution in [0, 0.1) is 5.41 Å². The zero-order chi connectivity index (χ0) is 43.3. The van der Waals surface area contributed by atoms with E-state index in [2.05, 4.69) is 0 Å². The summed E-state index contributed by atoms with van der Waals surface area (Å²) in [6, 6.07) is 43.5. The normalized spacial score (nSPS) is 21.3. The van der Waals surface area contributed by atoms with E-state index in [0.717, 1.165) is 45.6 Å². The Labute approximate surface area is 369 Å². The number of benzene rings is 5. The lowest BCUT2D eigenvalue weighted by molar-refractivity contribution is -0.273. The molecule has 7 rings (SSSR count). The molecule has 2 fully saturated rings. The Morgan fingerprint density at radius 3 is 1.82 bits per heavy atom. The van der Waals surface area contributed by atoms with E-state index in [-0.39, 0.29) is 32.5 Å². The van der Waals surface area contributed by atoms with Crippen molar-refractivity contribution in [1.29, 1.82) is 0 Å². The maximum Gasteiger partial charge on any atom is 0.344 e. The summed E-state index contributed by atoms with van der Waals surface area (Å²) in [5.41, 5.74) is 4.83. The minimum atomic E-state index is -0.833. The summed E-state index contributed by atoms with van der Waals surface area (Å²) in [5.74, 6) is -0.430. The third-order valence-corrected chi connectivity index (χ3v) is 11.1. The molecule has 0 spiro atoms. The monoisotopic (exact) mass is 862 g/mol. The van der Waals surface area contributed by atoms with Gasteiger partial charge in [-0.25, -0.2) is 4.79 Å². The predicted octanol–water partition coefficient (Wildman–Crippen LogP) is 9.43. The molecule has 0 aromatic heterocycles. The van der Waals surface area contributed by atoms with Crippen LogP contribution in [-0.4, -0.2) is 68.9 Å². The van der Waals surface area contributed by atoms with Crippen LogP contribution in [0.15, 0.2) is 133 Å². The molecule has 11 heteroatoms. The highest BCUT2D eigenvalue weighted by Crippen LogP contribution is 2.40. The van der Waals surface area contributed by atoms with Gasteiger partial charge in [0.05, 0.1) is 38.4 Å². The van der Waals surface area contributed by atoms with Gasteiger partial charge in [-0.1, -0.05) is 127 Å². The Hall–Kier alpha value is -5.07. The number of esters is 2. The van der Waals surface area contributed by atoms with Crippen LogP contribution in [0.5, 0.6) is 5.75 Å². The SMILES string of the molecule is CC(C)(C)C(=O)OCC(=O)OC[C@H]1O[C@@H](c2ccc(Cl)c(Cc3ccc(O[C@@H]4CCOC4)cc3)c2)[C@H](OCc2ccccc2)[C@@H](OCc2ccccc2)[C@@H]1OCc1ccccc1. The van der Waals surface area contributed by atoms with Gasteiger partial charge in [-0.05, 0) is 78.8 Å². The van der Waals surface area contributed by atoms with Crippen molar-refractivity contribution >= 4 is 23.5 Å². The Morgan fingerprint density at radius 1 is 0.677 bits per heavy atom. The lowest BCUT2D eigenvalue weighted by atomic mass is 9.89. The van der Waals surface area contributed by atoms with Crippen molar-refractivity contribution in [3.05, 3.63) is 172 Å². The van der Waals surface area contributed by atoms with Gasteiger partial charge in [0.2, 0.25) is 0 Å². The van der Waals surface area contributed by atoms with Gasteiger partial charge in [0.1, 0.15) is 49.0 Å². The van der Waals surface area contributed by atoms with Crippen molar-refractivity contribution in [2.75, 3.05) is 26.4 Å². The smallest absolute Gasteiger partial charge is 0.344 e. The standard InChI is InChI=1S/C51H55ClO10/c1-51(2,3)50(54)60-34-45(53)56-33-44-47(57-29-36-13-7-4-8-14-36)49(59-31-38-17-11-6-12-18-38)48(58-30-37-15-9-5-10-16-37)46(62-44)39-21-24-43(52)40(28-39)27-35-19-22-41(23-20-35)61-42-25-26-55-32-42/h4-24,28,42,44,46-49H,25-27,29-34H2,1-3H3/t42-,44-,46+,47-,48+,49+/m1/s1. The molecule has 2 heterocycles. The predicted molar refractivity (Wildman–Crippen MR) is 235 cm³/mol. The molecule has 2 aliphatic heterocycles. The van der Waals surface area contributed by atoms with E-state index in [1.807, 2.05) is 133 Å². The molecule has 0 aliphatic carbocycles. The average molecular weight is 863 g/mol. The average Bonchev–Trinajstić information content (AvgIpc) is 3.80. The number of carbonyl (C=O) groups excluding carboxylic acids is 2. The molecule has 5 aromatic rings. The van der Waals surface area contributed by atoms with Crippen molar-refractivity contribution < 1.29 is 47.5 Å². The van der Waals surface area contributed by atoms with E-state index in [0.29, 0.717) is 24.7 Å². The maximum atomic E-state index is 13.2. The van der Waals surface area contributed by atoms with Crippen molar-refractivity contribution in [2.45, 2.75) is 90.1 Å². The van der Waals surface area contributed by atoms with Crippen LogP contribution < -0.4 is 4.74 Å². The second-order valence-electron chi connectivity index (χ2n) is 16.7. The first kappa shape index (κ1) is 45.0. The van der Waals surface area contributed by atoms with Gasteiger partial charge in [-0.15, -0.1) is 0 Å². The highest BCUT2D eigenvalue weighted by Gasteiger charge is 2.49. The van der Waals surface area contributed by atoms with E-state index < -0.39 is 54.5 Å². The molecule has 326 valence electrons. The number of hydrogen-bond donors (Lipinski definition) is 0. The first-order valence-electron chi connectivity index (χ1n) is 21.2. The van der Waals surface area contributed by atoms with Crippen LogP contribution in [0.4, 0.5) is 0 Å². The second-order valence-corrected chi connectivity index (χ2v) is 17.1. The van der Waals surface area contributed by atoms with Crippen molar-refractivity contribution in [3.63, 3.8) is 0 Å². The van der Waals surface area contributed by atoms with Crippen molar-refractivity contribution in [1.82, 2.24) is 0 Å². The van der Waals surface area contributed by atoms with E-state index in [4.69, 9.17) is 49.5 Å². The number of halogens is 1. The van der Waals surface area contributed by atoms with Crippen LogP contribution in [0.1, 0.15) is 66.7 Å². The second kappa shape index (κ2) is 21.8. The van der Waals surface area contributed by atoms with Crippen molar-refractivity contribution in [3.8, 4) is 5.75 Å². The third-order valence-electron chi connectivity index (χ3n) is 10.7. The molecular formula is C51H55ClO10. The van der Waals surface area contributed by atoms with E-state index in [1.165, 1.54) is 0 Å².